The number of fused-ring (bicyclic) bond motifs is 1. The molecule has 0 spiro atoms. The molecule has 0 unspecified atom stereocenters. The Kier molecular flexibility index (Phi) is 8.36. The van der Waals surface area contributed by atoms with E-state index in [1.807, 2.05) is 44.2 Å². The van der Waals surface area contributed by atoms with Gasteiger partial charge in [-0.05, 0) is 49.8 Å². The standard InChI is InChI=1S/C26H24FN5O3S2/c1-3-32(4-2)25(34)21-14-19-23(37-21)24(29-15-28-19)35-20-11-10-17(13-18(20)27)30-26(36)31-22(33)12-16-8-6-5-7-9-16/h5-11,13-15H,3-4,12H2,1-2H3,(H2,30,31,33,36). The fourth-order valence-corrected chi connectivity index (χ4v) is 4.79. The third kappa shape index (κ3) is 6.43. The van der Waals surface area contributed by atoms with Gasteiger partial charge in [-0.3, -0.25) is 9.59 Å². The third-order valence-electron chi connectivity index (χ3n) is 5.40. The smallest absolute Gasteiger partial charge is 0.264 e. The molecule has 8 nitrogen and oxygen atoms in total. The maximum absolute atomic E-state index is 14.9. The highest BCUT2D eigenvalue weighted by Crippen LogP contribution is 2.35. The van der Waals surface area contributed by atoms with E-state index in [1.54, 1.807) is 17.0 Å². The van der Waals surface area contributed by atoms with E-state index in [2.05, 4.69) is 20.6 Å². The number of carbonyl (C=O) groups excluding carboxylic acids is 2. The molecule has 2 heterocycles. The van der Waals surface area contributed by atoms with Crippen molar-refractivity contribution < 1.29 is 18.7 Å². The lowest BCUT2D eigenvalue weighted by molar-refractivity contribution is -0.119. The number of thiocarbonyl (C=S) groups is 1. The summed E-state index contributed by atoms with van der Waals surface area (Å²) in [5.41, 5.74) is 1.73. The first kappa shape index (κ1) is 26.1. The fourth-order valence-electron chi connectivity index (χ4n) is 3.56. The summed E-state index contributed by atoms with van der Waals surface area (Å²) >= 11 is 6.38. The van der Waals surface area contributed by atoms with Gasteiger partial charge in [-0.25, -0.2) is 14.4 Å². The van der Waals surface area contributed by atoms with Crippen LogP contribution in [0.4, 0.5) is 10.1 Å². The molecule has 0 saturated heterocycles. The van der Waals surface area contributed by atoms with Crippen LogP contribution in [0.15, 0.2) is 60.9 Å². The lowest BCUT2D eigenvalue weighted by atomic mass is 10.1. The average molecular weight is 538 g/mol. The minimum atomic E-state index is -0.661. The second kappa shape index (κ2) is 11.8. The minimum absolute atomic E-state index is 0.0514. The zero-order valence-corrected chi connectivity index (χ0v) is 21.8. The number of ether oxygens (including phenoxy) is 1. The Bertz CT molecular complexity index is 1440. The van der Waals surface area contributed by atoms with Crippen molar-refractivity contribution in [3.63, 3.8) is 0 Å². The summed E-state index contributed by atoms with van der Waals surface area (Å²) in [4.78, 5) is 35.5. The molecular weight excluding hydrogens is 513 g/mol. The number of aromatic nitrogens is 2. The predicted molar refractivity (Wildman–Crippen MR) is 146 cm³/mol. The van der Waals surface area contributed by atoms with Crippen molar-refractivity contribution in [1.82, 2.24) is 20.2 Å². The van der Waals surface area contributed by atoms with Crippen molar-refractivity contribution >= 4 is 56.4 Å². The number of halogens is 1. The Morgan fingerprint density at radius 3 is 2.54 bits per heavy atom. The van der Waals surface area contributed by atoms with E-state index in [4.69, 9.17) is 17.0 Å². The number of carbonyl (C=O) groups is 2. The number of nitrogens with one attached hydrogen (secondary N) is 2. The summed E-state index contributed by atoms with van der Waals surface area (Å²) in [6, 6.07) is 15.1. The van der Waals surface area contributed by atoms with Crippen LogP contribution < -0.4 is 15.4 Å². The average Bonchev–Trinajstić information content (AvgIpc) is 3.32. The van der Waals surface area contributed by atoms with Crippen molar-refractivity contribution in [3.8, 4) is 11.6 Å². The summed E-state index contributed by atoms with van der Waals surface area (Å²) < 4.78 is 21.2. The molecule has 2 N–H and O–H groups in total. The first-order valence-electron chi connectivity index (χ1n) is 11.5. The maximum atomic E-state index is 14.9. The zero-order chi connectivity index (χ0) is 26.4. The van der Waals surface area contributed by atoms with Crippen LogP contribution in [0.25, 0.3) is 10.2 Å². The summed E-state index contributed by atoms with van der Waals surface area (Å²) in [6.07, 6.45) is 1.47. The van der Waals surface area contributed by atoms with E-state index in [1.165, 1.54) is 29.8 Å². The lowest BCUT2D eigenvalue weighted by Gasteiger charge is -2.17. The van der Waals surface area contributed by atoms with Crippen molar-refractivity contribution in [2.75, 3.05) is 18.4 Å². The van der Waals surface area contributed by atoms with E-state index in [0.29, 0.717) is 33.9 Å². The van der Waals surface area contributed by atoms with Crippen LogP contribution in [-0.2, 0) is 11.2 Å². The van der Waals surface area contributed by atoms with Crippen LogP contribution in [0.2, 0.25) is 0 Å². The molecule has 4 rings (SSSR count). The maximum Gasteiger partial charge on any atom is 0.264 e. The van der Waals surface area contributed by atoms with E-state index in [0.717, 1.165) is 5.56 Å². The van der Waals surface area contributed by atoms with Gasteiger partial charge in [0.25, 0.3) is 5.91 Å². The molecule has 0 aliphatic rings. The molecule has 0 aliphatic carbocycles. The minimum Gasteiger partial charge on any atom is -0.434 e. The van der Waals surface area contributed by atoms with Gasteiger partial charge in [-0.1, -0.05) is 30.3 Å². The first-order chi connectivity index (χ1) is 17.9. The number of nitrogens with zero attached hydrogens (tertiary/aromatic N) is 3. The Morgan fingerprint density at radius 1 is 1.08 bits per heavy atom. The molecule has 0 aliphatic heterocycles. The van der Waals surface area contributed by atoms with Gasteiger partial charge >= 0.3 is 0 Å². The molecule has 0 fully saturated rings. The molecule has 2 amide bonds. The van der Waals surface area contributed by atoms with Crippen molar-refractivity contribution in [2.24, 2.45) is 0 Å². The molecular formula is C26H24FN5O3S2. The van der Waals surface area contributed by atoms with E-state index >= 15 is 0 Å². The highest BCUT2D eigenvalue weighted by atomic mass is 32.1. The van der Waals surface area contributed by atoms with Gasteiger partial charge < -0.3 is 20.3 Å². The summed E-state index contributed by atoms with van der Waals surface area (Å²) in [5, 5.41) is 5.43. The highest BCUT2D eigenvalue weighted by molar-refractivity contribution is 7.80. The molecule has 0 atom stereocenters. The van der Waals surface area contributed by atoms with Gasteiger partial charge in [0.05, 0.1) is 16.8 Å². The number of rotatable bonds is 8. The van der Waals surface area contributed by atoms with Crippen LogP contribution in [0.3, 0.4) is 0 Å². The number of anilines is 1. The van der Waals surface area contributed by atoms with E-state index < -0.39 is 5.82 Å². The predicted octanol–water partition coefficient (Wildman–Crippen LogP) is 5.16. The van der Waals surface area contributed by atoms with Gasteiger partial charge in [-0.2, -0.15) is 0 Å². The molecule has 0 radical (unpaired) electrons. The van der Waals surface area contributed by atoms with Crippen LogP contribution in [0, 0.1) is 5.82 Å². The quantitative estimate of drug-likeness (QED) is 0.300. The number of hydrogen-bond donors (Lipinski definition) is 2. The van der Waals surface area contributed by atoms with Crippen LogP contribution in [-0.4, -0.2) is 44.9 Å². The first-order valence-corrected chi connectivity index (χ1v) is 12.8. The zero-order valence-electron chi connectivity index (χ0n) is 20.2. The highest BCUT2D eigenvalue weighted by Gasteiger charge is 2.19. The van der Waals surface area contributed by atoms with E-state index in [9.17, 15) is 14.0 Å². The number of hydrogen-bond acceptors (Lipinski definition) is 7. The van der Waals surface area contributed by atoms with Crippen molar-refractivity contribution in [2.45, 2.75) is 20.3 Å². The Hall–Kier alpha value is -3.96. The van der Waals surface area contributed by atoms with Gasteiger partial charge in [0.15, 0.2) is 16.7 Å². The monoisotopic (exact) mass is 537 g/mol. The number of amides is 2. The summed E-state index contributed by atoms with van der Waals surface area (Å²) in [5.74, 6) is -0.961. The van der Waals surface area contributed by atoms with Gasteiger partial charge in [-0.15, -0.1) is 11.3 Å². The Morgan fingerprint density at radius 2 is 1.84 bits per heavy atom. The molecule has 4 aromatic rings. The number of thiophene rings is 1. The second-order valence-corrected chi connectivity index (χ2v) is 9.35. The largest absolute Gasteiger partial charge is 0.434 e. The van der Waals surface area contributed by atoms with Gasteiger partial charge in [0.2, 0.25) is 11.8 Å². The molecule has 11 heteroatoms. The molecule has 2 aromatic heterocycles. The van der Waals surface area contributed by atoms with Crippen LogP contribution >= 0.6 is 23.6 Å². The topological polar surface area (TPSA) is 96.5 Å². The summed E-state index contributed by atoms with van der Waals surface area (Å²) in [7, 11) is 0. The fraction of sp³-hybridized carbons (Fsp3) is 0.192. The number of benzene rings is 2. The molecule has 2 aromatic carbocycles. The SMILES string of the molecule is CCN(CC)C(=O)c1cc2ncnc(Oc3ccc(NC(=S)NC(=O)Cc4ccccc4)cc3F)c2s1. The summed E-state index contributed by atoms with van der Waals surface area (Å²) in [6.45, 7) is 5.00. The normalized spacial score (nSPS) is 10.7. The molecule has 37 heavy (non-hydrogen) atoms. The van der Waals surface area contributed by atoms with Crippen molar-refractivity contribution in [3.05, 3.63) is 77.2 Å². The third-order valence-corrected chi connectivity index (χ3v) is 6.70. The Balaban J connectivity index is 1.43. The lowest BCUT2D eigenvalue weighted by Crippen LogP contribution is -2.35. The van der Waals surface area contributed by atoms with Crippen molar-refractivity contribution in [1.29, 1.82) is 0 Å². The van der Waals surface area contributed by atoms with E-state index in [-0.39, 0.29) is 35.0 Å². The van der Waals surface area contributed by atoms with Crippen LogP contribution in [0.5, 0.6) is 11.6 Å². The molecule has 0 saturated carbocycles. The van der Waals surface area contributed by atoms with Gasteiger partial charge in [0, 0.05) is 24.8 Å². The van der Waals surface area contributed by atoms with Gasteiger partial charge in [0.1, 0.15) is 11.0 Å². The second-order valence-electron chi connectivity index (χ2n) is 7.89. The molecule has 0 bridgehead atoms. The van der Waals surface area contributed by atoms with Crippen LogP contribution in [0.1, 0.15) is 29.1 Å². The molecule has 190 valence electrons. The Labute approximate surface area is 222 Å².